The molecule has 2 aliphatic carbocycles. The molecule has 2 heterocycles. The summed E-state index contributed by atoms with van der Waals surface area (Å²) < 4.78 is 31.8. The third-order valence-electron chi connectivity index (χ3n) is 8.25. The fourth-order valence-electron chi connectivity index (χ4n) is 5.54. The van der Waals surface area contributed by atoms with E-state index in [9.17, 15) is 9.00 Å². The maximum atomic E-state index is 12.5. The van der Waals surface area contributed by atoms with Crippen LogP contribution in [0.15, 0.2) is 42.5 Å². The smallest absolute Gasteiger partial charge is 0.411 e. The molecule has 39 heavy (non-hydrogen) atoms. The summed E-state index contributed by atoms with van der Waals surface area (Å²) in [4.78, 5) is 12.3. The fourth-order valence-corrected chi connectivity index (χ4v) is 6.73. The summed E-state index contributed by atoms with van der Waals surface area (Å²) in [6.07, 6.45) is 6.05. The van der Waals surface area contributed by atoms with E-state index < -0.39 is 16.9 Å². The lowest BCUT2D eigenvalue weighted by atomic mass is 9.92. The molecule has 6 rings (SSSR count). The molecule has 0 radical (unpaired) electrons. The number of benzene rings is 2. The molecule has 3 aliphatic rings. The van der Waals surface area contributed by atoms with E-state index in [-0.39, 0.29) is 11.4 Å². The van der Waals surface area contributed by atoms with Crippen LogP contribution in [-0.4, -0.2) is 51.8 Å². The third-order valence-corrected chi connectivity index (χ3v) is 9.94. The molecule has 3 fully saturated rings. The van der Waals surface area contributed by atoms with Crippen LogP contribution in [0.3, 0.4) is 0 Å². The number of nitrogen functional groups attached to an aromatic ring is 1. The van der Waals surface area contributed by atoms with E-state index in [1.807, 2.05) is 43.3 Å². The highest BCUT2D eigenvalue weighted by atomic mass is 32.2. The number of carbonyl (C=O) groups is 1. The van der Waals surface area contributed by atoms with Crippen LogP contribution in [0.2, 0.25) is 0 Å². The number of aromatic nitrogens is 1. The van der Waals surface area contributed by atoms with Crippen LogP contribution in [0.1, 0.15) is 51.5 Å². The molecule has 1 aromatic heterocycles. The molecule has 0 bridgehead atoms. The van der Waals surface area contributed by atoms with Crippen molar-refractivity contribution in [1.82, 2.24) is 4.57 Å². The summed E-state index contributed by atoms with van der Waals surface area (Å²) in [5, 5.41) is 3.96. The zero-order chi connectivity index (χ0) is 26.9. The van der Waals surface area contributed by atoms with Gasteiger partial charge in [-0.3, -0.25) is 9.53 Å². The van der Waals surface area contributed by atoms with Gasteiger partial charge in [0.15, 0.2) is 0 Å². The molecular weight excluding hydrogens is 514 g/mol. The first kappa shape index (κ1) is 26.2. The lowest BCUT2D eigenvalue weighted by Gasteiger charge is -2.30. The first-order chi connectivity index (χ1) is 19.0. The number of rotatable bonds is 10. The van der Waals surface area contributed by atoms with E-state index in [0.29, 0.717) is 43.2 Å². The zero-order valence-corrected chi connectivity index (χ0v) is 23.2. The van der Waals surface area contributed by atoms with Gasteiger partial charge in [0.1, 0.15) is 11.9 Å². The highest BCUT2D eigenvalue weighted by molar-refractivity contribution is 7.85. The van der Waals surface area contributed by atoms with Gasteiger partial charge in [0.2, 0.25) is 0 Å². The van der Waals surface area contributed by atoms with Gasteiger partial charge >= 0.3 is 6.09 Å². The number of nitrogens with zero attached hydrogens (tertiary/aromatic N) is 1. The van der Waals surface area contributed by atoms with Crippen molar-refractivity contribution in [2.75, 3.05) is 36.6 Å². The van der Waals surface area contributed by atoms with E-state index in [1.54, 1.807) is 0 Å². The molecule has 3 aromatic rings. The molecule has 1 saturated heterocycles. The number of carbonyl (C=O) groups excluding carboxylic acids is 1. The SMILES string of the molecule is CC(OC(=O)Nc1ccc(-c2c(N)c3ccc(OCCS(=O)C4CCOC4)cc3n2C2CCC2)cc1)C1CC1. The van der Waals surface area contributed by atoms with Crippen molar-refractivity contribution < 1.29 is 23.2 Å². The second kappa shape index (κ2) is 11.2. The number of fused-ring (bicyclic) bond motifs is 1. The largest absolute Gasteiger partial charge is 0.493 e. The summed E-state index contributed by atoms with van der Waals surface area (Å²) in [6, 6.07) is 14.2. The molecular formula is C30H37N3O5S. The minimum atomic E-state index is -0.942. The first-order valence-electron chi connectivity index (χ1n) is 14.1. The lowest BCUT2D eigenvalue weighted by Crippen LogP contribution is -2.21. The maximum Gasteiger partial charge on any atom is 0.411 e. The van der Waals surface area contributed by atoms with Crippen molar-refractivity contribution in [3.05, 3.63) is 42.5 Å². The van der Waals surface area contributed by atoms with Crippen LogP contribution >= 0.6 is 0 Å². The molecule has 9 heteroatoms. The molecule has 2 saturated carbocycles. The number of ether oxygens (including phenoxy) is 3. The van der Waals surface area contributed by atoms with Gasteiger partial charge in [-0.05, 0) is 75.6 Å². The van der Waals surface area contributed by atoms with Gasteiger partial charge in [0, 0.05) is 46.2 Å². The maximum absolute atomic E-state index is 12.5. The molecule has 3 N–H and O–H groups in total. The van der Waals surface area contributed by atoms with Crippen LogP contribution in [0.4, 0.5) is 16.2 Å². The topological polar surface area (TPSA) is 105 Å². The molecule has 8 nitrogen and oxygen atoms in total. The zero-order valence-electron chi connectivity index (χ0n) is 22.4. The molecule has 2 aromatic carbocycles. The van der Waals surface area contributed by atoms with Crippen molar-refractivity contribution in [2.45, 2.75) is 62.8 Å². The summed E-state index contributed by atoms with van der Waals surface area (Å²) in [7, 11) is -0.942. The third kappa shape index (κ3) is 5.65. The predicted octanol–water partition coefficient (Wildman–Crippen LogP) is 5.88. The Morgan fingerprint density at radius 2 is 1.95 bits per heavy atom. The van der Waals surface area contributed by atoms with Gasteiger partial charge < -0.3 is 24.5 Å². The Hall–Kier alpha value is -3.04. The van der Waals surface area contributed by atoms with Gasteiger partial charge in [-0.15, -0.1) is 0 Å². The van der Waals surface area contributed by atoms with Crippen molar-refractivity contribution >= 4 is 39.2 Å². The van der Waals surface area contributed by atoms with Gasteiger partial charge in [0.05, 0.1) is 41.1 Å². The normalized spacial score (nSPS) is 20.9. The van der Waals surface area contributed by atoms with E-state index in [1.165, 1.54) is 6.42 Å². The van der Waals surface area contributed by atoms with Crippen molar-refractivity contribution in [3.63, 3.8) is 0 Å². The molecule has 1 amide bonds. The molecule has 1 aliphatic heterocycles. The van der Waals surface area contributed by atoms with E-state index >= 15 is 0 Å². The first-order valence-corrected chi connectivity index (χ1v) is 15.5. The van der Waals surface area contributed by atoms with E-state index in [4.69, 9.17) is 19.9 Å². The summed E-state index contributed by atoms with van der Waals surface area (Å²) in [5.41, 5.74) is 11.2. The number of anilines is 2. The van der Waals surface area contributed by atoms with Gasteiger partial charge in [-0.25, -0.2) is 4.79 Å². The Morgan fingerprint density at radius 1 is 1.15 bits per heavy atom. The van der Waals surface area contributed by atoms with Crippen molar-refractivity contribution in [1.29, 1.82) is 0 Å². The average Bonchev–Trinajstić information content (AvgIpc) is 3.54. The van der Waals surface area contributed by atoms with Gasteiger partial charge in [-0.1, -0.05) is 12.1 Å². The number of nitrogens with one attached hydrogen (secondary N) is 1. The second-order valence-corrected chi connectivity index (χ2v) is 12.8. The monoisotopic (exact) mass is 551 g/mol. The van der Waals surface area contributed by atoms with E-state index in [0.717, 1.165) is 65.7 Å². The summed E-state index contributed by atoms with van der Waals surface area (Å²) in [5.74, 6) is 1.75. The van der Waals surface area contributed by atoms with Gasteiger partial charge in [-0.2, -0.15) is 0 Å². The fraction of sp³-hybridized carbons (Fsp3) is 0.500. The standard InChI is InChI=1S/C30H37N3O5S/c1-19(20-5-6-20)38-30(34)32-22-9-7-21(8-10-22)29-28(31)26-12-11-24(17-27(26)33(29)23-3-2-4-23)37-15-16-39(35)25-13-14-36-18-25/h7-12,17,19-20,23,25H,2-6,13-16,18,31H2,1H3,(H,32,34). The summed E-state index contributed by atoms with van der Waals surface area (Å²) in [6.45, 7) is 3.63. The van der Waals surface area contributed by atoms with Gasteiger partial charge in [0.25, 0.3) is 0 Å². The van der Waals surface area contributed by atoms with Crippen molar-refractivity contribution in [2.24, 2.45) is 5.92 Å². The highest BCUT2D eigenvalue weighted by Gasteiger charge is 2.31. The minimum absolute atomic E-state index is 0.0554. The average molecular weight is 552 g/mol. The van der Waals surface area contributed by atoms with Crippen LogP contribution < -0.4 is 15.8 Å². The second-order valence-electron chi connectivity index (χ2n) is 11.0. The number of hydrogen-bond acceptors (Lipinski definition) is 6. The Balaban J connectivity index is 1.20. The molecule has 3 atom stereocenters. The Labute approximate surface area is 231 Å². The van der Waals surface area contributed by atoms with Crippen LogP contribution in [0, 0.1) is 5.92 Å². The Morgan fingerprint density at radius 3 is 2.62 bits per heavy atom. The van der Waals surface area contributed by atoms with Crippen LogP contribution in [0.25, 0.3) is 22.2 Å². The minimum Gasteiger partial charge on any atom is -0.493 e. The molecule has 3 unspecified atom stereocenters. The Bertz CT molecular complexity index is 1360. The quantitative estimate of drug-likeness (QED) is 0.326. The Kier molecular flexibility index (Phi) is 7.53. The van der Waals surface area contributed by atoms with Crippen molar-refractivity contribution in [3.8, 4) is 17.0 Å². The highest BCUT2D eigenvalue weighted by Crippen LogP contribution is 2.45. The predicted molar refractivity (Wildman–Crippen MR) is 155 cm³/mol. The number of nitrogens with two attached hydrogens (primary N) is 1. The molecule has 208 valence electrons. The van der Waals surface area contributed by atoms with E-state index in [2.05, 4.69) is 16.0 Å². The molecule has 0 spiro atoms. The van der Waals surface area contributed by atoms with Crippen LogP contribution in [0.5, 0.6) is 5.75 Å². The number of hydrogen-bond donors (Lipinski definition) is 2. The number of amides is 1. The van der Waals surface area contributed by atoms with Crippen LogP contribution in [-0.2, 0) is 20.3 Å². The summed E-state index contributed by atoms with van der Waals surface area (Å²) >= 11 is 0. The lowest BCUT2D eigenvalue weighted by molar-refractivity contribution is 0.108.